The quantitative estimate of drug-likeness (QED) is 0.846. The lowest BCUT2D eigenvalue weighted by molar-refractivity contribution is 0.412. The Labute approximate surface area is 137 Å². The first-order chi connectivity index (χ1) is 10.3. The molecule has 1 aliphatic rings. The molecule has 0 aliphatic carbocycles. The molecule has 0 spiro atoms. The molecule has 0 fully saturated rings. The predicted octanol–water partition coefficient (Wildman–Crippen LogP) is 4.83. The summed E-state index contributed by atoms with van der Waals surface area (Å²) in [6.45, 7) is 1.06. The van der Waals surface area contributed by atoms with E-state index in [2.05, 4.69) is 33.4 Å². The Bertz CT molecular complexity index is 643. The number of halogens is 1. The van der Waals surface area contributed by atoms with E-state index in [1.165, 1.54) is 23.5 Å². The third-order valence-corrected chi connectivity index (χ3v) is 5.07. The highest BCUT2D eigenvalue weighted by atomic mass is 79.9. The van der Waals surface area contributed by atoms with Crippen LogP contribution in [0.1, 0.15) is 29.1 Å². The standard InChI is InChI=1S/C16H17BrN2OS/c1-20-14-7-5-11(10-12(14)17)6-8-15-19-13-4-2-3-9-18-16(13)21-15/h5-8,10,18H,2-4,9H2,1H3. The van der Waals surface area contributed by atoms with Crippen molar-refractivity contribution in [2.45, 2.75) is 19.3 Å². The Morgan fingerprint density at radius 2 is 2.24 bits per heavy atom. The van der Waals surface area contributed by atoms with Crippen LogP contribution >= 0.6 is 27.3 Å². The number of ether oxygens (including phenoxy) is 1. The average molecular weight is 365 g/mol. The topological polar surface area (TPSA) is 34.1 Å². The molecule has 21 heavy (non-hydrogen) atoms. The Hall–Kier alpha value is -1.33. The van der Waals surface area contributed by atoms with E-state index in [4.69, 9.17) is 9.72 Å². The Morgan fingerprint density at radius 1 is 1.33 bits per heavy atom. The highest BCUT2D eigenvalue weighted by molar-refractivity contribution is 9.10. The summed E-state index contributed by atoms with van der Waals surface area (Å²) in [6, 6.07) is 6.05. The van der Waals surface area contributed by atoms with Gasteiger partial charge in [-0.15, -0.1) is 0 Å². The second-order valence-electron chi connectivity index (χ2n) is 4.94. The van der Waals surface area contributed by atoms with Crippen molar-refractivity contribution in [2.75, 3.05) is 19.0 Å². The first kappa shape index (κ1) is 14.6. The van der Waals surface area contributed by atoms with Crippen molar-refractivity contribution in [3.05, 3.63) is 38.9 Å². The summed E-state index contributed by atoms with van der Waals surface area (Å²) in [4.78, 5) is 4.71. The number of nitrogens with zero attached hydrogens (tertiary/aromatic N) is 1. The molecule has 0 radical (unpaired) electrons. The molecule has 5 heteroatoms. The van der Waals surface area contributed by atoms with Gasteiger partial charge in [-0.3, -0.25) is 0 Å². The van der Waals surface area contributed by atoms with Gasteiger partial charge in [-0.05, 0) is 59.0 Å². The molecule has 1 aliphatic heterocycles. The van der Waals surface area contributed by atoms with E-state index >= 15 is 0 Å². The SMILES string of the molecule is COc1ccc(C=Cc2nc3c(s2)NCCCC3)cc1Br. The number of hydrogen-bond donors (Lipinski definition) is 1. The van der Waals surface area contributed by atoms with E-state index in [0.717, 1.165) is 33.8 Å². The highest BCUT2D eigenvalue weighted by Gasteiger charge is 2.12. The van der Waals surface area contributed by atoms with E-state index in [1.54, 1.807) is 18.4 Å². The predicted molar refractivity (Wildman–Crippen MR) is 93.2 cm³/mol. The van der Waals surface area contributed by atoms with Crippen molar-refractivity contribution in [1.82, 2.24) is 4.98 Å². The Kier molecular flexibility index (Phi) is 4.60. The smallest absolute Gasteiger partial charge is 0.133 e. The summed E-state index contributed by atoms with van der Waals surface area (Å²) in [5, 5.41) is 5.76. The number of nitrogens with one attached hydrogen (secondary N) is 1. The molecule has 1 aromatic carbocycles. The van der Waals surface area contributed by atoms with E-state index in [1.807, 2.05) is 18.2 Å². The second-order valence-corrected chi connectivity index (χ2v) is 6.82. The second kappa shape index (κ2) is 6.62. The van der Waals surface area contributed by atoms with Gasteiger partial charge in [-0.2, -0.15) is 0 Å². The van der Waals surface area contributed by atoms with Crippen LogP contribution in [0.2, 0.25) is 0 Å². The zero-order chi connectivity index (χ0) is 14.7. The first-order valence-electron chi connectivity index (χ1n) is 7.01. The fraction of sp³-hybridized carbons (Fsp3) is 0.312. The van der Waals surface area contributed by atoms with Crippen LogP contribution in [-0.4, -0.2) is 18.6 Å². The van der Waals surface area contributed by atoms with Crippen molar-refractivity contribution in [3.63, 3.8) is 0 Å². The molecule has 0 saturated carbocycles. The number of anilines is 1. The van der Waals surface area contributed by atoms with Crippen LogP contribution in [0, 0.1) is 0 Å². The molecule has 3 nitrogen and oxygen atoms in total. The number of aromatic nitrogens is 1. The monoisotopic (exact) mass is 364 g/mol. The maximum absolute atomic E-state index is 5.24. The zero-order valence-corrected chi connectivity index (χ0v) is 14.3. The van der Waals surface area contributed by atoms with Gasteiger partial charge in [0.05, 0.1) is 17.3 Å². The Morgan fingerprint density at radius 3 is 3.05 bits per heavy atom. The van der Waals surface area contributed by atoms with Crippen LogP contribution in [0.25, 0.3) is 12.2 Å². The lowest BCUT2D eigenvalue weighted by Gasteiger charge is -2.03. The van der Waals surface area contributed by atoms with Crippen molar-refractivity contribution in [2.24, 2.45) is 0 Å². The van der Waals surface area contributed by atoms with Crippen LogP contribution in [-0.2, 0) is 6.42 Å². The first-order valence-corrected chi connectivity index (χ1v) is 8.62. The number of benzene rings is 1. The number of rotatable bonds is 3. The van der Waals surface area contributed by atoms with E-state index in [9.17, 15) is 0 Å². The summed E-state index contributed by atoms with van der Waals surface area (Å²) < 4.78 is 6.20. The minimum absolute atomic E-state index is 0.845. The van der Waals surface area contributed by atoms with Gasteiger partial charge >= 0.3 is 0 Å². The van der Waals surface area contributed by atoms with Gasteiger partial charge in [0, 0.05) is 6.54 Å². The maximum atomic E-state index is 5.24. The fourth-order valence-corrected chi connectivity index (χ4v) is 3.82. The van der Waals surface area contributed by atoms with Gasteiger partial charge in [0.15, 0.2) is 0 Å². The molecule has 0 bridgehead atoms. The van der Waals surface area contributed by atoms with E-state index < -0.39 is 0 Å². The lowest BCUT2D eigenvalue weighted by Crippen LogP contribution is -1.96. The summed E-state index contributed by atoms with van der Waals surface area (Å²) in [5.74, 6) is 0.845. The lowest BCUT2D eigenvalue weighted by atomic mass is 10.2. The van der Waals surface area contributed by atoms with Gasteiger partial charge in [-0.1, -0.05) is 23.5 Å². The van der Waals surface area contributed by atoms with Gasteiger partial charge in [0.2, 0.25) is 0 Å². The van der Waals surface area contributed by atoms with Gasteiger partial charge < -0.3 is 10.1 Å². The Balaban J connectivity index is 1.78. The van der Waals surface area contributed by atoms with Crippen LogP contribution in [0.3, 0.4) is 0 Å². The van der Waals surface area contributed by atoms with E-state index in [0.29, 0.717) is 0 Å². The molecule has 110 valence electrons. The molecule has 0 saturated heterocycles. The number of methoxy groups -OCH3 is 1. The minimum atomic E-state index is 0.845. The largest absolute Gasteiger partial charge is 0.496 e. The highest BCUT2D eigenvalue weighted by Crippen LogP contribution is 2.30. The van der Waals surface area contributed by atoms with Crippen LogP contribution in [0.5, 0.6) is 5.75 Å². The van der Waals surface area contributed by atoms with Crippen molar-refractivity contribution < 1.29 is 4.74 Å². The molecule has 0 atom stereocenters. The number of hydrogen-bond acceptors (Lipinski definition) is 4. The van der Waals surface area contributed by atoms with Crippen molar-refractivity contribution in [3.8, 4) is 5.75 Å². The van der Waals surface area contributed by atoms with Gasteiger partial charge in [0.25, 0.3) is 0 Å². The molecule has 1 N–H and O–H groups in total. The van der Waals surface area contributed by atoms with Crippen LogP contribution in [0.15, 0.2) is 22.7 Å². The fourth-order valence-electron chi connectivity index (χ4n) is 2.32. The van der Waals surface area contributed by atoms with Crippen LogP contribution < -0.4 is 10.1 Å². The molecule has 2 heterocycles. The zero-order valence-electron chi connectivity index (χ0n) is 11.9. The van der Waals surface area contributed by atoms with Gasteiger partial charge in [-0.25, -0.2) is 4.98 Å². The number of aryl methyl sites for hydroxylation is 1. The number of fused-ring (bicyclic) bond motifs is 1. The van der Waals surface area contributed by atoms with Crippen molar-refractivity contribution in [1.29, 1.82) is 0 Å². The molecular weight excluding hydrogens is 348 g/mol. The molecule has 3 rings (SSSR count). The molecule has 1 aromatic heterocycles. The summed E-state index contributed by atoms with van der Waals surface area (Å²) in [6.07, 6.45) is 7.70. The summed E-state index contributed by atoms with van der Waals surface area (Å²) in [7, 11) is 1.67. The third-order valence-electron chi connectivity index (χ3n) is 3.43. The van der Waals surface area contributed by atoms with Gasteiger partial charge in [0.1, 0.15) is 15.8 Å². The van der Waals surface area contributed by atoms with E-state index in [-0.39, 0.29) is 0 Å². The van der Waals surface area contributed by atoms with Crippen LogP contribution in [0.4, 0.5) is 5.00 Å². The molecule has 2 aromatic rings. The maximum Gasteiger partial charge on any atom is 0.133 e. The average Bonchev–Trinajstić information content (AvgIpc) is 2.75. The molecule has 0 amide bonds. The normalized spacial score (nSPS) is 14.6. The summed E-state index contributed by atoms with van der Waals surface area (Å²) >= 11 is 5.24. The third kappa shape index (κ3) is 3.47. The minimum Gasteiger partial charge on any atom is -0.496 e. The molecule has 0 unspecified atom stereocenters. The van der Waals surface area contributed by atoms with Crippen molar-refractivity contribution >= 4 is 44.4 Å². The summed E-state index contributed by atoms with van der Waals surface area (Å²) in [5.41, 5.74) is 2.34. The molecular formula is C16H17BrN2OS. The number of thiazole rings is 1.